The average Bonchev–Trinajstić information content (AvgIpc) is 3.15. The van der Waals surface area contributed by atoms with Crippen molar-refractivity contribution in [1.29, 1.82) is 0 Å². The van der Waals surface area contributed by atoms with Gasteiger partial charge < -0.3 is 9.67 Å². The number of rotatable bonds is 3. The maximum atomic E-state index is 12.3. The third-order valence-corrected chi connectivity index (χ3v) is 5.27. The summed E-state index contributed by atoms with van der Waals surface area (Å²) in [5, 5.41) is 11.1. The highest BCUT2D eigenvalue weighted by molar-refractivity contribution is 7.12. The molecule has 0 saturated carbocycles. The summed E-state index contributed by atoms with van der Waals surface area (Å²) in [6.07, 6.45) is 3.24. The molecule has 0 aliphatic rings. The highest BCUT2D eigenvalue weighted by Gasteiger charge is 2.06. The molecule has 23 heavy (non-hydrogen) atoms. The largest absolute Gasteiger partial charge is 0.508 e. The van der Waals surface area contributed by atoms with E-state index in [0.717, 1.165) is 5.56 Å². The fraction of sp³-hybridized carbons (Fsp3) is 0.0588. The Hall–Kier alpha value is -2.44. The number of carbonyl (C=O) groups is 1. The number of phenols is 1. The number of carbonyl (C=O) groups excluding carboxylic acids is 1. The van der Waals surface area contributed by atoms with Crippen molar-refractivity contribution in [2.45, 2.75) is 0 Å². The topological polar surface area (TPSA) is 59.3 Å². The number of benzene rings is 1. The van der Waals surface area contributed by atoms with Gasteiger partial charge in [-0.25, -0.2) is 0 Å². The number of nitrogens with zero attached hydrogens (tertiary/aromatic N) is 1. The Bertz CT molecular complexity index is 1010. The third kappa shape index (κ3) is 3.33. The zero-order valence-electron chi connectivity index (χ0n) is 12.2. The Morgan fingerprint density at radius 3 is 2.61 bits per heavy atom. The molecule has 0 amide bonds. The predicted octanol–water partition coefficient (Wildman–Crippen LogP) is 1.71. The number of hydrogen-bond donors (Lipinski definition) is 1. The van der Waals surface area contributed by atoms with Crippen LogP contribution in [-0.4, -0.2) is 15.5 Å². The highest BCUT2D eigenvalue weighted by Crippen LogP contribution is 2.10. The van der Waals surface area contributed by atoms with Gasteiger partial charge >= 0.3 is 0 Å². The minimum atomic E-state index is -0.145. The van der Waals surface area contributed by atoms with Crippen LogP contribution in [0.3, 0.4) is 0 Å². The van der Waals surface area contributed by atoms with E-state index in [1.54, 1.807) is 43.5 Å². The first-order valence-electron chi connectivity index (χ1n) is 6.81. The van der Waals surface area contributed by atoms with Crippen LogP contribution in [0.4, 0.5) is 0 Å². The van der Waals surface area contributed by atoms with Crippen LogP contribution < -0.4 is 14.8 Å². The summed E-state index contributed by atoms with van der Waals surface area (Å²) in [6, 6.07) is 10.2. The Morgan fingerprint density at radius 2 is 1.96 bits per heavy atom. The molecule has 0 saturated heterocycles. The van der Waals surface area contributed by atoms with Crippen molar-refractivity contribution in [3.05, 3.63) is 71.8 Å². The third-order valence-electron chi connectivity index (χ3n) is 3.27. The molecule has 2 aromatic heterocycles. The van der Waals surface area contributed by atoms with Crippen molar-refractivity contribution in [3.63, 3.8) is 0 Å². The summed E-state index contributed by atoms with van der Waals surface area (Å²) in [5.41, 5.74) is 0.672. The first kappa shape index (κ1) is 15.5. The second kappa shape index (κ2) is 6.36. The molecule has 1 N–H and O–H groups in total. The molecule has 2 heterocycles. The number of hydrogen-bond acceptors (Lipinski definition) is 5. The molecule has 1 aromatic carbocycles. The van der Waals surface area contributed by atoms with Crippen molar-refractivity contribution >= 4 is 40.6 Å². The van der Waals surface area contributed by atoms with Crippen molar-refractivity contribution in [2.75, 3.05) is 0 Å². The second-order valence-corrected chi connectivity index (χ2v) is 6.90. The molecular weight excluding hydrogens is 330 g/mol. The number of thiazole rings is 1. The molecule has 6 heteroatoms. The van der Waals surface area contributed by atoms with Crippen molar-refractivity contribution < 1.29 is 9.90 Å². The van der Waals surface area contributed by atoms with Gasteiger partial charge in [-0.1, -0.05) is 18.2 Å². The fourth-order valence-corrected chi connectivity index (χ4v) is 3.70. The van der Waals surface area contributed by atoms with Gasteiger partial charge in [0.25, 0.3) is 5.56 Å². The number of phenolic OH excluding ortho intramolecular Hbond substituents is 1. The summed E-state index contributed by atoms with van der Waals surface area (Å²) in [4.78, 5) is 25.1. The SMILES string of the molecule is Cn1c(=O)/c(=C\c2ccc(O)cc2)s/c1=C\C(=O)c1cccs1. The van der Waals surface area contributed by atoms with E-state index in [4.69, 9.17) is 0 Å². The van der Waals surface area contributed by atoms with Crippen LogP contribution in [0.15, 0.2) is 46.6 Å². The number of Topliss-reactive ketones (excluding diaryl/α,β-unsaturated/α-hetero) is 1. The first-order chi connectivity index (χ1) is 11.0. The van der Waals surface area contributed by atoms with E-state index in [0.29, 0.717) is 14.1 Å². The number of aromatic hydroxyl groups is 1. The minimum Gasteiger partial charge on any atom is -0.508 e. The molecule has 0 spiro atoms. The van der Waals surface area contributed by atoms with Gasteiger partial charge in [-0.15, -0.1) is 22.7 Å². The van der Waals surface area contributed by atoms with Gasteiger partial charge in [-0.05, 0) is 35.2 Å². The van der Waals surface area contributed by atoms with E-state index >= 15 is 0 Å². The van der Waals surface area contributed by atoms with Crippen LogP contribution >= 0.6 is 22.7 Å². The molecule has 0 radical (unpaired) electrons. The maximum Gasteiger partial charge on any atom is 0.268 e. The van der Waals surface area contributed by atoms with Crippen LogP contribution in [0.2, 0.25) is 0 Å². The van der Waals surface area contributed by atoms with Gasteiger partial charge in [-0.3, -0.25) is 9.59 Å². The second-order valence-electron chi connectivity index (χ2n) is 4.89. The van der Waals surface area contributed by atoms with E-state index in [1.807, 2.05) is 11.4 Å². The monoisotopic (exact) mass is 343 g/mol. The molecule has 0 atom stereocenters. The molecule has 0 bridgehead atoms. The predicted molar refractivity (Wildman–Crippen MR) is 93.6 cm³/mol. The van der Waals surface area contributed by atoms with Gasteiger partial charge in [-0.2, -0.15) is 0 Å². The van der Waals surface area contributed by atoms with Gasteiger partial charge in [0.05, 0.1) is 9.41 Å². The van der Waals surface area contributed by atoms with E-state index in [2.05, 4.69) is 0 Å². The highest BCUT2D eigenvalue weighted by atomic mass is 32.1. The quantitative estimate of drug-likeness (QED) is 0.737. The van der Waals surface area contributed by atoms with E-state index < -0.39 is 0 Å². The lowest BCUT2D eigenvalue weighted by Crippen LogP contribution is -2.29. The number of thiophene rings is 1. The van der Waals surface area contributed by atoms with E-state index in [9.17, 15) is 14.7 Å². The lowest BCUT2D eigenvalue weighted by molar-refractivity contribution is 0.106. The fourth-order valence-electron chi connectivity index (χ4n) is 2.03. The van der Waals surface area contributed by atoms with Crippen LogP contribution in [0.5, 0.6) is 5.75 Å². The number of aromatic nitrogens is 1. The summed E-state index contributed by atoms with van der Waals surface area (Å²) in [6.45, 7) is 0. The van der Waals surface area contributed by atoms with Crippen molar-refractivity contribution in [2.24, 2.45) is 7.05 Å². The van der Waals surface area contributed by atoms with Gasteiger partial charge in [0.1, 0.15) is 10.4 Å². The van der Waals surface area contributed by atoms with Crippen LogP contribution in [-0.2, 0) is 7.05 Å². The summed E-state index contributed by atoms with van der Waals surface area (Å²) in [7, 11) is 1.65. The molecule has 116 valence electrons. The molecule has 0 unspecified atom stereocenters. The lowest BCUT2D eigenvalue weighted by Gasteiger charge is -1.92. The minimum absolute atomic E-state index is 0.104. The normalized spacial score (nSPS) is 12.7. The molecule has 0 aliphatic carbocycles. The zero-order valence-corrected chi connectivity index (χ0v) is 13.9. The Morgan fingerprint density at radius 1 is 1.22 bits per heavy atom. The van der Waals surface area contributed by atoms with E-state index in [1.165, 1.54) is 33.3 Å². The first-order valence-corrected chi connectivity index (χ1v) is 8.50. The number of ketones is 1. The Labute approximate surface area is 139 Å². The molecule has 3 rings (SSSR count). The summed E-state index contributed by atoms with van der Waals surface area (Å²) in [5.74, 6) is 0.0739. The zero-order chi connectivity index (χ0) is 16.4. The molecule has 0 fully saturated rings. The summed E-state index contributed by atoms with van der Waals surface area (Å²) >= 11 is 2.65. The van der Waals surface area contributed by atoms with E-state index in [-0.39, 0.29) is 17.1 Å². The molecule has 0 aliphatic heterocycles. The van der Waals surface area contributed by atoms with Crippen LogP contribution in [0, 0.1) is 0 Å². The van der Waals surface area contributed by atoms with Crippen molar-refractivity contribution in [1.82, 2.24) is 4.57 Å². The van der Waals surface area contributed by atoms with Gasteiger partial charge in [0.15, 0.2) is 5.78 Å². The van der Waals surface area contributed by atoms with Crippen LogP contribution in [0.1, 0.15) is 15.2 Å². The Kier molecular flexibility index (Phi) is 4.27. The van der Waals surface area contributed by atoms with Crippen LogP contribution in [0.25, 0.3) is 12.2 Å². The van der Waals surface area contributed by atoms with Gasteiger partial charge in [0, 0.05) is 13.1 Å². The lowest BCUT2D eigenvalue weighted by atomic mass is 10.2. The van der Waals surface area contributed by atoms with Crippen molar-refractivity contribution in [3.8, 4) is 5.75 Å². The molecule has 4 nitrogen and oxygen atoms in total. The molecular formula is C17H13NO3S2. The summed E-state index contributed by atoms with van der Waals surface area (Å²) < 4.78 is 2.63. The standard InChI is InChI=1S/C17H13NO3S2/c1-18-16(10-13(20)14-3-2-8-22-14)23-15(17(18)21)9-11-4-6-12(19)7-5-11/h2-10,19H,1H3/b15-9+,16-10-. The maximum absolute atomic E-state index is 12.3. The van der Waals surface area contributed by atoms with Gasteiger partial charge in [0.2, 0.25) is 0 Å². The average molecular weight is 343 g/mol. The molecule has 3 aromatic rings. The smallest absolute Gasteiger partial charge is 0.268 e. The Balaban J connectivity index is 2.07.